The molecule has 0 saturated carbocycles. The van der Waals surface area contributed by atoms with Gasteiger partial charge < -0.3 is 19.2 Å². The molecule has 1 aromatic carbocycles. The molecule has 1 amide bonds. The summed E-state index contributed by atoms with van der Waals surface area (Å²) in [5, 5.41) is 3.44. The minimum atomic E-state index is -0.517. The molecule has 0 spiro atoms. The van der Waals surface area contributed by atoms with Gasteiger partial charge in [-0.25, -0.2) is 14.6 Å². The molecule has 0 aliphatic heterocycles. The van der Waals surface area contributed by atoms with Gasteiger partial charge in [-0.05, 0) is 45.7 Å². The normalized spacial score (nSPS) is 11.4. The van der Waals surface area contributed by atoms with Gasteiger partial charge in [0.15, 0.2) is 0 Å². The first-order valence-electron chi connectivity index (χ1n) is 8.29. The van der Waals surface area contributed by atoms with Gasteiger partial charge in [-0.2, -0.15) is 0 Å². The first-order valence-corrected chi connectivity index (χ1v) is 9.27. The van der Waals surface area contributed by atoms with E-state index in [1.54, 1.807) is 19.2 Å². The summed E-state index contributed by atoms with van der Waals surface area (Å²) in [4.78, 5) is 28.1. The summed E-state index contributed by atoms with van der Waals surface area (Å²) in [6.45, 7) is 7.72. The van der Waals surface area contributed by atoms with Gasteiger partial charge in [0, 0.05) is 18.4 Å². The van der Waals surface area contributed by atoms with Crippen LogP contribution in [0.25, 0.3) is 10.9 Å². The van der Waals surface area contributed by atoms with Crippen molar-refractivity contribution in [3.63, 3.8) is 0 Å². The van der Waals surface area contributed by atoms with E-state index < -0.39 is 17.3 Å². The van der Waals surface area contributed by atoms with Crippen molar-refractivity contribution in [1.82, 2.24) is 10.3 Å². The number of carbonyl (C=O) groups is 1. The van der Waals surface area contributed by atoms with E-state index in [-0.39, 0.29) is 0 Å². The first kappa shape index (κ1) is 20.1. The number of aromatic nitrogens is 1. The van der Waals surface area contributed by atoms with Gasteiger partial charge in [-0.3, -0.25) is 0 Å². The van der Waals surface area contributed by atoms with Gasteiger partial charge in [0.25, 0.3) is 5.22 Å². The van der Waals surface area contributed by atoms with Gasteiger partial charge in [-0.1, -0.05) is 11.8 Å². The average Bonchev–Trinajstić information content (AvgIpc) is 2.51. The van der Waals surface area contributed by atoms with Crippen molar-refractivity contribution in [3.05, 3.63) is 28.1 Å². The minimum Gasteiger partial charge on any atom is -0.497 e. The van der Waals surface area contributed by atoms with Crippen LogP contribution in [0.2, 0.25) is 0 Å². The highest BCUT2D eigenvalue weighted by molar-refractivity contribution is 7.99. The fraction of sp³-hybridized carbons (Fsp3) is 0.500. The average molecular weight is 380 g/mol. The number of amides is 1. The number of aryl methyl sites for hydroxylation is 1. The van der Waals surface area contributed by atoms with Crippen LogP contribution in [-0.2, 0) is 4.74 Å². The van der Waals surface area contributed by atoms with Crippen molar-refractivity contribution in [1.29, 1.82) is 0 Å². The molecule has 0 atom stereocenters. The summed E-state index contributed by atoms with van der Waals surface area (Å²) in [5.74, 6) is 1.28. The molecule has 8 heteroatoms. The number of fused-ring (bicyclic) bond motifs is 1. The van der Waals surface area contributed by atoms with E-state index in [4.69, 9.17) is 13.9 Å². The standard InChI is InChI=1S/C18H24N2O5S/c1-11-9-12(23-5)10-13-14(11)15(21)24-17(20-13)26-8-6-7-19-16(22)25-18(2,3)4/h9-10H,6-8H2,1-5H3,(H,19,22). The summed E-state index contributed by atoms with van der Waals surface area (Å²) in [5.41, 5.74) is 0.381. The second kappa shape index (κ2) is 8.44. The van der Waals surface area contributed by atoms with Crippen LogP contribution >= 0.6 is 11.8 Å². The third-order valence-corrected chi connectivity index (χ3v) is 4.25. The SMILES string of the molecule is COc1cc(C)c2c(=O)oc(SCCCNC(=O)OC(C)(C)C)nc2c1. The molecule has 1 aromatic heterocycles. The van der Waals surface area contributed by atoms with E-state index in [1.807, 2.05) is 27.7 Å². The summed E-state index contributed by atoms with van der Waals surface area (Å²) < 4.78 is 15.7. The number of hydrogen-bond donors (Lipinski definition) is 1. The van der Waals surface area contributed by atoms with E-state index in [0.717, 1.165) is 5.56 Å². The Morgan fingerprint density at radius 1 is 1.35 bits per heavy atom. The van der Waals surface area contributed by atoms with E-state index in [9.17, 15) is 9.59 Å². The van der Waals surface area contributed by atoms with Gasteiger partial charge in [0.1, 0.15) is 11.4 Å². The molecule has 0 fully saturated rings. The lowest BCUT2D eigenvalue weighted by molar-refractivity contribution is 0.0528. The van der Waals surface area contributed by atoms with Crippen molar-refractivity contribution in [3.8, 4) is 5.75 Å². The zero-order chi connectivity index (χ0) is 19.3. The zero-order valence-corrected chi connectivity index (χ0v) is 16.5. The highest BCUT2D eigenvalue weighted by Crippen LogP contribution is 2.24. The molecule has 26 heavy (non-hydrogen) atoms. The maximum Gasteiger partial charge on any atom is 0.407 e. The van der Waals surface area contributed by atoms with Gasteiger partial charge in [0.2, 0.25) is 0 Å². The van der Waals surface area contributed by atoms with Crippen molar-refractivity contribution in [2.24, 2.45) is 0 Å². The number of rotatable bonds is 6. The molecule has 0 aliphatic carbocycles. The number of alkyl carbamates (subject to hydrolysis) is 1. The zero-order valence-electron chi connectivity index (χ0n) is 15.7. The molecule has 0 saturated heterocycles. The van der Waals surface area contributed by atoms with Crippen LogP contribution in [0.5, 0.6) is 5.75 Å². The summed E-state index contributed by atoms with van der Waals surface area (Å²) in [6, 6.07) is 3.49. The quantitative estimate of drug-likeness (QED) is 0.606. The van der Waals surface area contributed by atoms with Crippen LogP contribution in [0.4, 0.5) is 4.79 Å². The number of nitrogens with zero attached hydrogens (tertiary/aromatic N) is 1. The predicted molar refractivity (Wildman–Crippen MR) is 101 cm³/mol. The fourth-order valence-electron chi connectivity index (χ4n) is 2.26. The molecular formula is C18H24N2O5S. The summed E-state index contributed by atoms with van der Waals surface area (Å²) >= 11 is 1.32. The second-order valence-electron chi connectivity index (χ2n) is 6.74. The summed E-state index contributed by atoms with van der Waals surface area (Å²) in [6.07, 6.45) is 0.241. The van der Waals surface area contributed by atoms with Gasteiger partial charge in [0.05, 0.1) is 18.0 Å². The number of hydrogen-bond acceptors (Lipinski definition) is 7. The van der Waals surface area contributed by atoms with Crippen LogP contribution in [-0.4, -0.2) is 36.1 Å². The van der Waals surface area contributed by atoms with Crippen molar-refractivity contribution in [2.75, 3.05) is 19.4 Å². The van der Waals surface area contributed by atoms with Crippen molar-refractivity contribution < 1.29 is 18.7 Å². The third-order valence-electron chi connectivity index (χ3n) is 3.33. The lowest BCUT2D eigenvalue weighted by atomic mass is 10.1. The molecule has 0 radical (unpaired) electrons. The highest BCUT2D eigenvalue weighted by Gasteiger charge is 2.15. The Morgan fingerprint density at radius 3 is 2.73 bits per heavy atom. The Kier molecular flexibility index (Phi) is 6.52. The number of carbonyl (C=O) groups excluding carboxylic acids is 1. The fourth-order valence-corrected chi connectivity index (χ4v) is 3.02. The van der Waals surface area contributed by atoms with Crippen LogP contribution in [0.3, 0.4) is 0 Å². The Bertz CT molecular complexity index is 842. The number of ether oxygens (including phenoxy) is 2. The van der Waals surface area contributed by atoms with Crippen LogP contribution in [0, 0.1) is 6.92 Å². The van der Waals surface area contributed by atoms with E-state index >= 15 is 0 Å². The molecule has 1 N–H and O–H groups in total. The molecule has 2 rings (SSSR count). The monoisotopic (exact) mass is 380 g/mol. The Labute approximate surface area is 156 Å². The van der Waals surface area contributed by atoms with E-state index in [1.165, 1.54) is 11.8 Å². The topological polar surface area (TPSA) is 90.7 Å². The molecule has 0 unspecified atom stereocenters. The second-order valence-corrected chi connectivity index (χ2v) is 7.78. The maximum atomic E-state index is 12.2. The predicted octanol–water partition coefficient (Wildman–Crippen LogP) is 3.51. The number of methoxy groups -OCH3 is 1. The van der Waals surface area contributed by atoms with Crippen LogP contribution < -0.4 is 15.7 Å². The smallest absolute Gasteiger partial charge is 0.407 e. The van der Waals surface area contributed by atoms with Gasteiger partial charge in [-0.15, -0.1) is 0 Å². The lowest BCUT2D eigenvalue weighted by Gasteiger charge is -2.19. The Morgan fingerprint density at radius 2 is 2.08 bits per heavy atom. The minimum absolute atomic E-state index is 0.299. The van der Waals surface area contributed by atoms with Crippen molar-refractivity contribution >= 4 is 28.8 Å². The third kappa shape index (κ3) is 5.66. The molecule has 0 aliphatic rings. The summed E-state index contributed by atoms with van der Waals surface area (Å²) in [7, 11) is 1.57. The van der Waals surface area contributed by atoms with Gasteiger partial charge >= 0.3 is 11.7 Å². The lowest BCUT2D eigenvalue weighted by Crippen LogP contribution is -2.33. The van der Waals surface area contributed by atoms with E-state index in [0.29, 0.717) is 40.6 Å². The molecule has 142 valence electrons. The van der Waals surface area contributed by atoms with Crippen molar-refractivity contribution in [2.45, 2.75) is 44.9 Å². The number of nitrogens with one attached hydrogen (secondary N) is 1. The molecular weight excluding hydrogens is 356 g/mol. The van der Waals surface area contributed by atoms with Crippen LogP contribution in [0.1, 0.15) is 32.8 Å². The maximum absolute atomic E-state index is 12.2. The Hall–Kier alpha value is -2.22. The van der Waals surface area contributed by atoms with Crippen LogP contribution in [0.15, 0.2) is 26.6 Å². The number of thioether (sulfide) groups is 1. The highest BCUT2D eigenvalue weighted by atomic mass is 32.2. The molecule has 0 bridgehead atoms. The largest absolute Gasteiger partial charge is 0.497 e. The molecule has 1 heterocycles. The first-order chi connectivity index (χ1) is 12.2. The molecule has 2 aromatic rings. The Balaban J connectivity index is 1.93. The number of benzene rings is 1. The molecule has 7 nitrogen and oxygen atoms in total. The van der Waals surface area contributed by atoms with E-state index in [2.05, 4.69) is 10.3 Å².